The van der Waals surface area contributed by atoms with E-state index in [9.17, 15) is 0 Å². The second-order valence-electron chi connectivity index (χ2n) is 4.85. The summed E-state index contributed by atoms with van der Waals surface area (Å²) in [7, 11) is 0. The van der Waals surface area contributed by atoms with E-state index in [0.717, 1.165) is 18.2 Å². The Hall–Kier alpha value is -0.120. The molecule has 1 aromatic heterocycles. The van der Waals surface area contributed by atoms with Gasteiger partial charge in [-0.05, 0) is 39.3 Å². The molecule has 1 aliphatic heterocycles. The topological polar surface area (TPSA) is 16.1 Å². The number of nitrogens with zero attached hydrogens (tertiary/aromatic N) is 2. The van der Waals surface area contributed by atoms with Crippen LogP contribution in [0.1, 0.15) is 43.3 Å². The highest BCUT2D eigenvalue weighted by Gasteiger charge is 2.17. The third-order valence-corrected chi connectivity index (χ3v) is 4.74. The maximum atomic E-state index is 5.75. The maximum absolute atomic E-state index is 5.75. The van der Waals surface area contributed by atoms with Crippen molar-refractivity contribution in [2.45, 2.75) is 50.9 Å². The average molecular weight is 273 g/mol. The van der Waals surface area contributed by atoms with Gasteiger partial charge < -0.3 is 4.90 Å². The molecule has 2 heterocycles. The van der Waals surface area contributed by atoms with Crippen molar-refractivity contribution in [3.8, 4) is 0 Å². The molecule has 0 amide bonds. The molecule has 1 aliphatic rings. The van der Waals surface area contributed by atoms with Crippen molar-refractivity contribution in [2.24, 2.45) is 0 Å². The van der Waals surface area contributed by atoms with Gasteiger partial charge >= 0.3 is 0 Å². The summed E-state index contributed by atoms with van der Waals surface area (Å²) in [6.07, 6.45) is 6.47. The highest BCUT2D eigenvalue weighted by Crippen LogP contribution is 2.18. The molecular weight excluding hydrogens is 252 g/mol. The van der Waals surface area contributed by atoms with Gasteiger partial charge in [0, 0.05) is 17.8 Å². The van der Waals surface area contributed by atoms with E-state index in [1.807, 2.05) is 0 Å². The van der Waals surface area contributed by atoms with Crippen LogP contribution in [0.3, 0.4) is 0 Å². The van der Waals surface area contributed by atoms with Gasteiger partial charge in [0.15, 0.2) is 0 Å². The van der Waals surface area contributed by atoms with Crippen molar-refractivity contribution < 1.29 is 0 Å². The number of rotatable bonds is 5. The van der Waals surface area contributed by atoms with Crippen molar-refractivity contribution >= 4 is 22.9 Å². The minimum absolute atomic E-state index is 0.541. The smallest absolute Gasteiger partial charge is 0.0929 e. The third kappa shape index (κ3) is 3.94. The van der Waals surface area contributed by atoms with Gasteiger partial charge in [-0.15, -0.1) is 22.9 Å². The van der Waals surface area contributed by atoms with Gasteiger partial charge in [0.1, 0.15) is 0 Å². The predicted octanol–water partition coefficient (Wildman–Crippen LogP) is 3.69. The lowest BCUT2D eigenvalue weighted by molar-refractivity contribution is 0.159. The Morgan fingerprint density at radius 2 is 2.41 bits per heavy atom. The molecule has 1 unspecified atom stereocenters. The number of likely N-dealkylation sites (tertiary alicyclic amines) is 1. The zero-order valence-corrected chi connectivity index (χ0v) is 12.1. The van der Waals surface area contributed by atoms with E-state index >= 15 is 0 Å². The van der Waals surface area contributed by atoms with E-state index in [1.165, 1.54) is 43.8 Å². The van der Waals surface area contributed by atoms with Crippen LogP contribution in [0.15, 0.2) is 5.38 Å². The van der Waals surface area contributed by atoms with Crippen LogP contribution in [0.2, 0.25) is 0 Å². The van der Waals surface area contributed by atoms with Crippen molar-refractivity contribution in [1.82, 2.24) is 9.88 Å². The molecule has 4 heteroatoms. The molecule has 2 rings (SSSR count). The lowest BCUT2D eigenvalue weighted by atomic mass is 10.0. The van der Waals surface area contributed by atoms with Gasteiger partial charge in [-0.25, -0.2) is 4.98 Å². The molecule has 0 bridgehead atoms. The second kappa shape index (κ2) is 6.72. The number of thiazole rings is 1. The van der Waals surface area contributed by atoms with E-state index in [4.69, 9.17) is 11.6 Å². The molecule has 1 atom stereocenters. The molecule has 0 N–H and O–H groups in total. The lowest BCUT2D eigenvalue weighted by Gasteiger charge is -2.33. The quantitative estimate of drug-likeness (QED) is 0.760. The number of halogens is 1. The zero-order valence-electron chi connectivity index (χ0n) is 10.5. The highest BCUT2D eigenvalue weighted by molar-refractivity contribution is 7.09. The monoisotopic (exact) mass is 272 g/mol. The number of aryl methyl sites for hydroxylation is 1. The first-order valence-electron chi connectivity index (χ1n) is 6.53. The molecule has 1 saturated heterocycles. The van der Waals surface area contributed by atoms with Gasteiger partial charge in [0.2, 0.25) is 0 Å². The Morgan fingerprint density at radius 1 is 1.53 bits per heavy atom. The van der Waals surface area contributed by atoms with E-state index in [1.54, 1.807) is 11.3 Å². The van der Waals surface area contributed by atoms with Crippen molar-refractivity contribution in [1.29, 1.82) is 0 Å². The SMILES string of the molecule is CC1CCCCN1CCCc1nc(CCl)cs1. The Morgan fingerprint density at radius 3 is 3.12 bits per heavy atom. The van der Waals surface area contributed by atoms with E-state index in [2.05, 4.69) is 22.2 Å². The normalized spacial score (nSPS) is 21.9. The van der Waals surface area contributed by atoms with Crippen LogP contribution in [0, 0.1) is 0 Å². The Kier molecular flexibility index (Phi) is 5.26. The molecule has 1 fully saturated rings. The van der Waals surface area contributed by atoms with Crippen LogP contribution in [0.25, 0.3) is 0 Å². The van der Waals surface area contributed by atoms with Crippen molar-refractivity contribution in [3.63, 3.8) is 0 Å². The van der Waals surface area contributed by atoms with E-state index in [-0.39, 0.29) is 0 Å². The van der Waals surface area contributed by atoms with E-state index < -0.39 is 0 Å². The van der Waals surface area contributed by atoms with Gasteiger partial charge in [-0.1, -0.05) is 6.42 Å². The van der Waals surface area contributed by atoms with Crippen LogP contribution in [0.4, 0.5) is 0 Å². The highest BCUT2D eigenvalue weighted by atomic mass is 35.5. The molecule has 0 aliphatic carbocycles. The molecule has 96 valence electrons. The molecule has 0 aromatic carbocycles. The molecule has 0 radical (unpaired) electrons. The first kappa shape index (κ1) is 13.3. The minimum atomic E-state index is 0.541. The van der Waals surface area contributed by atoms with Crippen LogP contribution >= 0.6 is 22.9 Å². The van der Waals surface area contributed by atoms with Gasteiger partial charge in [-0.2, -0.15) is 0 Å². The van der Waals surface area contributed by atoms with Crippen LogP contribution in [-0.2, 0) is 12.3 Å². The summed E-state index contributed by atoms with van der Waals surface area (Å²) in [5.41, 5.74) is 1.03. The third-order valence-electron chi connectivity index (χ3n) is 3.51. The Balaban J connectivity index is 1.71. The molecule has 0 spiro atoms. The van der Waals surface area contributed by atoms with Crippen LogP contribution in [-0.4, -0.2) is 29.0 Å². The summed E-state index contributed by atoms with van der Waals surface area (Å²) in [5, 5.41) is 3.32. The Labute approximate surface area is 113 Å². The molecule has 0 saturated carbocycles. The summed E-state index contributed by atoms with van der Waals surface area (Å²) in [6.45, 7) is 4.86. The fourth-order valence-electron chi connectivity index (χ4n) is 2.45. The molecular formula is C13H21ClN2S. The largest absolute Gasteiger partial charge is 0.301 e. The predicted molar refractivity (Wildman–Crippen MR) is 74.9 cm³/mol. The second-order valence-corrected chi connectivity index (χ2v) is 6.06. The molecule has 2 nitrogen and oxygen atoms in total. The van der Waals surface area contributed by atoms with Crippen molar-refractivity contribution in [3.05, 3.63) is 16.1 Å². The van der Waals surface area contributed by atoms with Gasteiger partial charge in [0.05, 0.1) is 16.6 Å². The fraction of sp³-hybridized carbons (Fsp3) is 0.769. The minimum Gasteiger partial charge on any atom is -0.301 e. The van der Waals surface area contributed by atoms with Gasteiger partial charge in [0.25, 0.3) is 0 Å². The van der Waals surface area contributed by atoms with Crippen LogP contribution in [0.5, 0.6) is 0 Å². The number of hydrogen-bond acceptors (Lipinski definition) is 3. The lowest BCUT2D eigenvalue weighted by Crippen LogP contribution is -2.38. The van der Waals surface area contributed by atoms with Crippen molar-refractivity contribution in [2.75, 3.05) is 13.1 Å². The summed E-state index contributed by atoms with van der Waals surface area (Å²) < 4.78 is 0. The summed E-state index contributed by atoms with van der Waals surface area (Å²) in [5.74, 6) is 0.541. The zero-order chi connectivity index (χ0) is 12.1. The summed E-state index contributed by atoms with van der Waals surface area (Å²) in [6, 6.07) is 0.776. The molecule has 17 heavy (non-hydrogen) atoms. The number of aromatic nitrogens is 1. The number of alkyl halides is 1. The van der Waals surface area contributed by atoms with E-state index in [0.29, 0.717) is 5.88 Å². The number of hydrogen-bond donors (Lipinski definition) is 0. The molecule has 1 aromatic rings. The first-order chi connectivity index (χ1) is 8.29. The van der Waals surface area contributed by atoms with Gasteiger partial charge in [-0.3, -0.25) is 0 Å². The summed E-state index contributed by atoms with van der Waals surface area (Å²) >= 11 is 7.50. The van der Waals surface area contributed by atoms with Crippen LogP contribution < -0.4 is 0 Å². The first-order valence-corrected chi connectivity index (χ1v) is 7.94. The fourth-order valence-corrected chi connectivity index (χ4v) is 3.52. The number of piperidine rings is 1. The average Bonchev–Trinajstić information content (AvgIpc) is 2.80. The standard InChI is InChI=1S/C13H21ClN2S/c1-11-5-2-3-7-16(11)8-4-6-13-15-12(9-14)10-17-13/h10-11H,2-9H2,1H3. The summed E-state index contributed by atoms with van der Waals surface area (Å²) in [4.78, 5) is 7.12. The Bertz CT molecular complexity index is 340. The maximum Gasteiger partial charge on any atom is 0.0929 e.